The zero-order chi connectivity index (χ0) is 20.4. The summed E-state index contributed by atoms with van der Waals surface area (Å²) in [5.41, 5.74) is -2.12. The van der Waals surface area contributed by atoms with Crippen molar-refractivity contribution in [2.24, 2.45) is 5.41 Å². The summed E-state index contributed by atoms with van der Waals surface area (Å²) in [6.07, 6.45) is -5.49. The van der Waals surface area contributed by atoms with Crippen LogP contribution in [0.2, 0.25) is 0 Å². The lowest BCUT2D eigenvalue weighted by atomic mass is 9.67. The first-order valence-electron chi connectivity index (χ1n) is 9.54. The molecule has 0 bridgehead atoms. The number of carbonyl (C=O) groups excluding carboxylic acids is 1. The Morgan fingerprint density at radius 2 is 1.54 bits per heavy atom. The smallest absolute Gasteiger partial charge is 0.380 e. The van der Waals surface area contributed by atoms with Gasteiger partial charge in [-0.3, -0.25) is 4.79 Å². The van der Waals surface area contributed by atoms with E-state index in [2.05, 4.69) is 0 Å². The lowest BCUT2D eigenvalue weighted by Crippen LogP contribution is -2.51. The fourth-order valence-electron chi connectivity index (χ4n) is 4.78. The molecule has 3 nitrogen and oxygen atoms in total. The molecule has 28 heavy (non-hydrogen) atoms. The summed E-state index contributed by atoms with van der Waals surface area (Å²) in [6, 6.07) is 6.93. The Kier molecular flexibility index (Phi) is 4.30. The topological polar surface area (TPSA) is 40.5 Å². The molecule has 1 amide bonds. The molecule has 1 spiro atoms. The van der Waals surface area contributed by atoms with E-state index in [0.717, 1.165) is 5.56 Å². The van der Waals surface area contributed by atoms with E-state index >= 15 is 0 Å². The van der Waals surface area contributed by atoms with Crippen molar-refractivity contribution in [1.29, 1.82) is 0 Å². The number of rotatable bonds is 2. The predicted octanol–water partition coefficient (Wildman–Crippen LogP) is 4.79. The first-order valence-corrected chi connectivity index (χ1v) is 9.54. The average molecular weight is 403 g/mol. The van der Waals surface area contributed by atoms with Gasteiger partial charge < -0.3 is 10.0 Å². The second kappa shape index (κ2) is 6.15. The predicted molar refractivity (Wildman–Crippen MR) is 92.2 cm³/mol. The summed E-state index contributed by atoms with van der Waals surface area (Å²) in [5, 5.41) is 9.87. The molecule has 1 heterocycles. The summed E-state index contributed by atoms with van der Waals surface area (Å²) in [4.78, 5) is 14.5. The first-order chi connectivity index (χ1) is 12.9. The zero-order valence-corrected chi connectivity index (χ0v) is 15.2. The van der Waals surface area contributed by atoms with E-state index in [4.69, 9.17) is 0 Å². The Hall–Kier alpha value is -1.70. The summed E-state index contributed by atoms with van der Waals surface area (Å²) >= 11 is 0. The van der Waals surface area contributed by atoms with Crippen molar-refractivity contribution in [3.63, 3.8) is 0 Å². The van der Waals surface area contributed by atoms with Gasteiger partial charge in [-0.15, -0.1) is 0 Å². The summed E-state index contributed by atoms with van der Waals surface area (Å²) in [7, 11) is 0. The maximum Gasteiger partial charge on any atom is 0.417 e. The van der Waals surface area contributed by atoms with E-state index in [1.807, 2.05) is 0 Å². The number of hydrogen-bond donors (Lipinski definition) is 1. The highest BCUT2D eigenvalue weighted by Gasteiger charge is 2.60. The Morgan fingerprint density at radius 1 is 0.964 bits per heavy atom. The minimum Gasteiger partial charge on any atom is -0.380 e. The molecule has 2 aliphatic carbocycles. The molecule has 1 N–H and O–H groups in total. The van der Waals surface area contributed by atoms with Crippen LogP contribution in [0.4, 0.5) is 27.6 Å². The number of amides is 1. The van der Waals surface area contributed by atoms with E-state index < -0.39 is 36.0 Å². The van der Waals surface area contributed by atoms with Crippen LogP contribution in [-0.2, 0) is 4.79 Å². The molecule has 1 aliphatic heterocycles. The van der Waals surface area contributed by atoms with Gasteiger partial charge in [0.25, 0.3) is 0 Å². The molecular formula is C20H22F5NO2. The number of anilines is 1. The molecule has 0 radical (unpaired) electrons. The maximum atomic E-state index is 13.0. The van der Waals surface area contributed by atoms with Crippen LogP contribution in [0.25, 0.3) is 0 Å². The van der Waals surface area contributed by atoms with Crippen LogP contribution in [0.15, 0.2) is 24.3 Å². The molecule has 3 fully saturated rings. The van der Waals surface area contributed by atoms with Gasteiger partial charge in [0.2, 0.25) is 11.8 Å². The normalized spacial score (nSPS) is 26.5. The third-order valence-corrected chi connectivity index (χ3v) is 6.84. The second-order valence-electron chi connectivity index (χ2n) is 8.57. The molecule has 0 unspecified atom stereocenters. The Balaban J connectivity index is 1.44. The minimum atomic E-state index is -4.69. The third kappa shape index (κ3) is 3.09. The molecule has 8 heteroatoms. The van der Waals surface area contributed by atoms with Crippen LogP contribution in [0, 0.1) is 5.41 Å². The van der Waals surface area contributed by atoms with Gasteiger partial charge in [0.15, 0.2) is 5.60 Å². The third-order valence-electron chi connectivity index (χ3n) is 6.84. The van der Waals surface area contributed by atoms with Gasteiger partial charge in [0, 0.05) is 25.1 Å². The highest BCUT2D eigenvalue weighted by molar-refractivity contribution is 6.00. The van der Waals surface area contributed by atoms with E-state index in [9.17, 15) is 31.9 Å². The number of aliphatic hydroxyl groups is 1. The van der Waals surface area contributed by atoms with Crippen molar-refractivity contribution in [2.45, 2.75) is 68.6 Å². The van der Waals surface area contributed by atoms with E-state index in [1.165, 1.54) is 0 Å². The molecule has 4 rings (SSSR count). The van der Waals surface area contributed by atoms with Crippen LogP contribution in [0.5, 0.6) is 0 Å². The van der Waals surface area contributed by atoms with Crippen LogP contribution < -0.4 is 4.90 Å². The second-order valence-corrected chi connectivity index (χ2v) is 8.57. The van der Waals surface area contributed by atoms with Crippen molar-refractivity contribution < 1.29 is 31.9 Å². The van der Waals surface area contributed by atoms with Gasteiger partial charge in [-0.25, -0.2) is 8.78 Å². The molecule has 154 valence electrons. The number of carbonyl (C=O) groups is 1. The maximum absolute atomic E-state index is 13.0. The van der Waals surface area contributed by atoms with Crippen molar-refractivity contribution in [2.75, 3.05) is 11.4 Å². The lowest BCUT2D eigenvalue weighted by molar-refractivity contribution is -0.274. The average Bonchev–Trinajstić information content (AvgIpc) is 2.92. The Bertz CT molecular complexity index is 758. The molecule has 0 atom stereocenters. The summed E-state index contributed by atoms with van der Waals surface area (Å²) < 4.78 is 65.2. The highest BCUT2D eigenvalue weighted by Crippen LogP contribution is 2.53. The summed E-state index contributed by atoms with van der Waals surface area (Å²) in [5.74, 6) is -2.98. The minimum absolute atomic E-state index is 0.00752. The van der Waals surface area contributed by atoms with Crippen molar-refractivity contribution in [3.8, 4) is 0 Å². The van der Waals surface area contributed by atoms with Crippen molar-refractivity contribution in [3.05, 3.63) is 29.8 Å². The van der Waals surface area contributed by atoms with Crippen molar-refractivity contribution in [1.82, 2.24) is 0 Å². The fourth-order valence-corrected chi connectivity index (χ4v) is 4.78. The SMILES string of the molecule is O=C1N(c2ccc(C3CC(F)(F)C3)cc2)CC[C@]12CC[C@](O)(C(F)(F)F)CC2. The number of hydrogen-bond acceptors (Lipinski definition) is 2. The van der Waals surface area contributed by atoms with Crippen LogP contribution in [0.1, 0.15) is 56.4 Å². The standard InChI is InChI=1S/C20H22F5NO2/c21-19(22)11-14(12-19)13-1-3-15(4-2-13)26-10-9-17(16(26)27)5-7-18(28,8-6-17)20(23,24)25/h1-4,14,28H,5-12H2/t17-,18-. The quantitative estimate of drug-likeness (QED) is 0.722. The largest absolute Gasteiger partial charge is 0.417 e. The molecule has 3 aliphatic rings. The zero-order valence-electron chi connectivity index (χ0n) is 15.2. The van der Waals surface area contributed by atoms with Crippen LogP contribution in [-0.4, -0.2) is 35.3 Å². The van der Waals surface area contributed by atoms with E-state index in [0.29, 0.717) is 18.7 Å². The molecular weight excluding hydrogens is 381 g/mol. The lowest BCUT2D eigenvalue weighted by Gasteiger charge is -2.41. The number of benzene rings is 1. The Labute approximate surface area is 159 Å². The number of halogens is 5. The van der Waals surface area contributed by atoms with E-state index in [1.54, 1.807) is 29.2 Å². The van der Waals surface area contributed by atoms with Crippen LogP contribution in [0.3, 0.4) is 0 Å². The van der Waals surface area contributed by atoms with Crippen LogP contribution >= 0.6 is 0 Å². The number of nitrogens with zero attached hydrogens (tertiary/aromatic N) is 1. The van der Waals surface area contributed by atoms with Gasteiger partial charge in [-0.05, 0) is 55.7 Å². The van der Waals surface area contributed by atoms with Crippen molar-refractivity contribution >= 4 is 11.6 Å². The van der Waals surface area contributed by atoms with E-state index in [-0.39, 0.29) is 37.5 Å². The number of alkyl halides is 5. The van der Waals surface area contributed by atoms with Gasteiger partial charge in [-0.1, -0.05) is 12.1 Å². The van der Waals surface area contributed by atoms with Gasteiger partial charge in [-0.2, -0.15) is 13.2 Å². The fraction of sp³-hybridized carbons (Fsp3) is 0.650. The molecule has 1 saturated heterocycles. The molecule has 0 aromatic heterocycles. The summed E-state index contributed by atoms with van der Waals surface area (Å²) in [6.45, 7) is 0.407. The first kappa shape index (κ1) is 19.6. The molecule has 1 aromatic carbocycles. The monoisotopic (exact) mass is 403 g/mol. The molecule has 2 saturated carbocycles. The van der Waals surface area contributed by atoms with Gasteiger partial charge in [0.05, 0.1) is 5.41 Å². The Morgan fingerprint density at radius 3 is 2.04 bits per heavy atom. The molecule has 1 aromatic rings. The van der Waals surface area contributed by atoms with Gasteiger partial charge >= 0.3 is 6.18 Å². The van der Waals surface area contributed by atoms with Gasteiger partial charge in [0.1, 0.15) is 0 Å². The highest BCUT2D eigenvalue weighted by atomic mass is 19.4.